The predicted octanol–water partition coefficient (Wildman–Crippen LogP) is 27.0. The van der Waals surface area contributed by atoms with E-state index >= 15 is 0 Å². The quantitative estimate of drug-likeness (QED) is 0.0172. The molecule has 1 aliphatic heterocycles. The molecule has 13 heteroatoms. The van der Waals surface area contributed by atoms with E-state index in [0.29, 0.717) is 56.0 Å². The number of unbranched alkanes of at least 4 members (excludes halogenated alkanes) is 26. The number of aromatic nitrogens is 4. The number of hydrogen-bond acceptors (Lipinski definition) is 6. The van der Waals surface area contributed by atoms with Crippen LogP contribution in [0.3, 0.4) is 0 Å². The Morgan fingerprint density at radius 1 is 0.340 bits per heavy atom. The summed E-state index contributed by atoms with van der Waals surface area (Å²) in [6, 6.07) is 38.2. The van der Waals surface area contributed by atoms with E-state index in [1.165, 1.54) is 236 Å². The van der Waals surface area contributed by atoms with Gasteiger partial charge in [-0.3, -0.25) is 0 Å². The van der Waals surface area contributed by atoms with Crippen LogP contribution >= 0.6 is 22.7 Å². The molecule has 0 saturated heterocycles. The number of aryl methyl sites for hydroxylation is 4. The van der Waals surface area contributed by atoms with Gasteiger partial charge >= 0.3 is 12.4 Å². The van der Waals surface area contributed by atoms with Crippen LogP contribution in [-0.2, 0) is 12.4 Å². The van der Waals surface area contributed by atoms with Crippen molar-refractivity contribution in [3.8, 4) is 65.2 Å². The molecule has 10 aromatic rings. The van der Waals surface area contributed by atoms with E-state index in [9.17, 15) is 26.3 Å². The van der Waals surface area contributed by atoms with Crippen LogP contribution < -0.4 is 10.4 Å². The van der Waals surface area contributed by atoms with E-state index in [1.54, 1.807) is 5.19 Å². The molecule has 5 heterocycles. The highest BCUT2D eigenvalue weighted by atomic mass is 32.1. The molecule has 0 aliphatic carbocycles. The molecule has 97 heavy (non-hydrogen) atoms. The van der Waals surface area contributed by atoms with Crippen LogP contribution in [-0.4, -0.2) is 28.0 Å². The molecule has 0 atom stereocenters. The zero-order chi connectivity index (χ0) is 68.1. The van der Waals surface area contributed by atoms with Crippen molar-refractivity contribution in [2.75, 3.05) is 0 Å². The summed E-state index contributed by atoms with van der Waals surface area (Å²) in [5, 5.41) is 4.65. The van der Waals surface area contributed by atoms with Gasteiger partial charge in [-0.1, -0.05) is 278 Å². The minimum atomic E-state index is -4.53. The maximum Gasteiger partial charge on any atom is 0.416 e. The number of benzene rings is 6. The third-order valence-electron chi connectivity index (χ3n) is 20.5. The molecule has 0 saturated carbocycles. The van der Waals surface area contributed by atoms with Crippen LogP contribution in [0.5, 0.6) is 0 Å². The summed E-state index contributed by atoms with van der Waals surface area (Å²) in [6.45, 7) is 12.9. The summed E-state index contributed by atoms with van der Waals surface area (Å²) in [5.74, 6) is 0. The van der Waals surface area contributed by atoms with Gasteiger partial charge < -0.3 is 0 Å². The van der Waals surface area contributed by atoms with Gasteiger partial charge in [0.05, 0.1) is 56.0 Å². The largest absolute Gasteiger partial charge is 0.416 e. The van der Waals surface area contributed by atoms with Crippen molar-refractivity contribution in [3.63, 3.8) is 0 Å². The van der Waals surface area contributed by atoms with E-state index in [1.807, 2.05) is 92.0 Å². The first-order chi connectivity index (χ1) is 46.9. The Hall–Kier alpha value is -6.54. The Morgan fingerprint density at radius 2 is 0.660 bits per heavy atom. The smallest absolute Gasteiger partial charge is 0.244 e. The van der Waals surface area contributed by atoms with Crippen LogP contribution in [0.2, 0.25) is 12.1 Å². The predicted molar refractivity (Wildman–Crippen MR) is 403 cm³/mol. The van der Waals surface area contributed by atoms with Crippen molar-refractivity contribution in [1.29, 1.82) is 0 Å². The SMILES string of the molecule is CCCCCCCCCCCCCCCC[Si]1(CCCCCCCCCCCCCCCC)c2cc(C)sc2-c2sc(-c3cc4c(cc(C)c5nc(-c6ccc(C)cc6)c(-c6ccc(C(F)(F)F)cc6)nc54)c4nc(-c5ccc(C)cc5)c(-c5ccc(C(F)(F)F)cc5)nc34)cc21. The van der Waals surface area contributed by atoms with Gasteiger partial charge in [-0.05, 0) is 104 Å². The number of rotatable bonds is 35. The summed E-state index contributed by atoms with van der Waals surface area (Å²) in [6.07, 6.45) is 27.8. The average molecular weight is 1370 g/mol. The molecule has 1 aliphatic rings. The first-order valence-corrected chi connectivity index (χ1v) is 40.8. The Kier molecular flexibility index (Phi) is 24.5. The fraction of sp³-hybridized carbons (Fsp3) is 0.452. The maximum absolute atomic E-state index is 14.3. The maximum atomic E-state index is 14.3. The first kappa shape index (κ1) is 71.7. The second-order valence-corrected chi connectivity index (χ2v) is 34.6. The third kappa shape index (κ3) is 17.2. The van der Waals surface area contributed by atoms with Crippen LogP contribution in [0.25, 0.3) is 98.1 Å². The highest BCUT2D eigenvalue weighted by Crippen LogP contribution is 2.49. The van der Waals surface area contributed by atoms with Crippen molar-refractivity contribution in [2.24, 2.45) is 0 Å². The highest BCUT2D eigenvalue weighted by Gasteiger charge is 2.47. The minimum Gasteiger partial charge on any atom is -0.244 e. The molecule has 0 radical (unpaired) electrons. The van der Waals surface area contributed by atoms with Crippen LogP contribution in [0, 0.1) is 27.7 Å². The number of fused-ring (bicyclic) bond motifs is 8. The van der Waals surface area contributed by atoms with E-state index in [4.69, 9.17) is 19.9 Å². The normalized spacial score (nSPS) is 13.0. The summed E-state index contributed by atoms with van der Waals surface area (Å²) in [7, 11) is -2.39. The molecule has 0 unspecified atom stereocenters. The van der Waals surface area contributed by atoms with Gasteiger partial charge in [-0.25, -0.2) is 19.9 Å². The number of nitrogens with zero attached hydrogens (tertiary/aromatic N) is 4. The van der Waals surface area contributed by atoms with E-state index in [0.717, 1.165) is 73.3 Å². The number of halogens is 6. The molecule has 4 aromatic heterocycles. The lowest BCUT2D eigenvalue weighted by molar-refractivity contribution is -0.138. The molecule has 6 aromatic carbocycles. The second kappa shape index (κ2) is 33.1. The molecule has 0 N–H and O–H groups in total. The molecule has 0 amide bonds. The van der Waals surface area contributed by atoms with Gasteiger partial charge in [-0.15, -0.1) is 22.7 Å². The van der Waals surface area contributed by atoms with Crippen LogP contribution in [0.4, 0.5) is 26.3 Å². The Labute approximate surface area is 581 Å². The van der Waals surface area contributed by atoms with Crippen LogP contribution in [0.15, 0.2) is 121 Å². The zero-order valence-corrected chi connectivity index (χ0v) is 60.8. The number of thiophene rings is 2. The molecule has 512 valence electrons. The molecule has 4 nitrogen and oxygen atoms in total. The monoisotopic (exact) mass is 1370 g/mol. The summed E-state index contributed by atoms with van der Waals surface area (Å²) < 4.78 is 85.6. The lowest BCUT2D eigenvalue weighted by Gasteiger charge is -2.29. The van der Waals surface area contributed by atoms with Crippen molar-refractivity contribution in [2.45, 2.75) is 246 Å². The molecular formula is C84H98F6N4S2Si. The number of hydrogen-bond donors (Lipinski definition) is 0. The van der Waals surface area contributed by atoms with E-state index < -0.39 is 31.6 Å². The van der Waals surface area contributed by atoms with Gasteiger partial charge in [0.15, 0.2) is 0 Å². The molecular weight excluding hydrogens is 1270 g/mol. The Morgan fingerprint density at radius 3 is 1.05 bits per heavy atom. The average Bonchev–Trinajstić information content (AvgIpc) is 1.65. The van der Waals surface area contributed by atoms with E-state index in [2.05, 4.69) is 45.0 Å². The second-order valence-electron chi connectivity index (χ2n) is 28.1. The highest BCUT2D eigenvalue weighted by molar-refractivity contribution is 7.30. The van der Waals surface area contributed by atoms with E-state index in [-0.39, 0.29) is 0 Å². The van der Waals surface area contributed by atoms with Gasteiger partial charge in [0.25, 0.3) is 0 Å². The standard InChI is InChI=1S/C84H98F6N4S2Si/c1-7-9-11-13-15-17-19-21-23-25-27-29-31-33-51-97(52-34-32-30-28-26-24-22-20-18-16-14-12-10-8-2)71-54-60(6)95-81(71)82-72(97)56-70(96-82)69-55-68-67(79-80(69)94-77(64-45-49-66(50-46-64)84(88,89)90)75(93-79)62-41-37-58(4)38-42-62)53-59(5)73-78(68)92-76(63-43-47-65(48-44-63)83(85,86)87)74(91-73)61-39-35-57(3)36-40-61/h35-50,53-56H,7-34,51-52H2,1-6H3. The summed E-state index contributed by atoms with van der Waals surface area (Å²) in [4.78, 5) is 27.5. The molecule has 0 fully saturated rings. The van der Waals surface area contributed by atoms with Crippen LogP contribution in [0.1, 0.15) is 226 Å². The van der Waals surface area contributed by atoms with Crippen molar-refractivity contribution in [3.05, 3.63) is 154 Å². The number of alkyl halides is 6. The van der Waals surface area contributed by atoms with Gasteiger partial charge in [0.2, 0.25) is 0 Å². The molecule has 0 bridgehead atoms. The fourth-order valence-corrected chi connectivity index (χ4v) is 24.3. The first-order valence-electron chi connectivity index (χ1n) is 36.7. The third-order valence-corrected chi connectivity index (χ3v) is 28.5. The van der Waals surface area contributed by atoms with Gasteiger partial charge in [0, 0.05) is 58.1 Å². The van der Waals surface area contributed by atoms with Gasteiger partial charge in [0.1, 0.15) is 8.07 Å². The topological polar surface area (TPSA) is 51.6 Å². The van der Waals surface area contributed by atoms with Crippen molar-refractivity contribution < 1.29 is 26.3 Å². The van der Waals surface area contributed by atoms with Gasteiger partial charge in [-0.2, -0.15) is 26.3 Å². The molecule has 11 rings (SSSR count). The lowest BCUT2D eigenvalue weighted by Crippen LogP contribution is -2.54. The Balaban J connectivity index is 1.03. The molecule has 0 spiro atoms. The van der Waals surface area contributed by atoms with Crippen molar-refractivity contribution >= 4 is 74.0 Å². The lowest BCUT2D eigenvalue weighted by atomic mass is 9.96. The Bertz CT molecular complexity index is 4190. The summed E-state index contributed by atoms with van der Waals surface area (Å²) >= 11 is 3.76. The minimum absolute atomic E-state index is 0.446. The zero-order valence-electron chi connectivity index (χ0n) is 58.1. The fourth-order valence-electron chi connectivity index (χ4n) is 14.9. The van der Waals surface area contributed by atoms with Crippen molar-refractivity contribution in [1.82, 2.24) is 19.9 Å². The summed E-state index contributed by atoms with van der Waals surface area (Å²) in [5.41, 5.74) is 9.25.